The van der Waals surface area contributed by atoms with Gasteiger partial charge >= 0.3 is 0 Å². The number of nitrogens with zero attached hydrogens (tertiary/aromatic N) is 1. The van der Waals surface area contributed by atoms with Crippen molar-refractivity contribution in [1.82, 2.24) is 0 Å². The molecule has 1 aromatic carbocycles. The second kappa shape index (κ2) is 5.81. The second-order valence-electron chi connectivity index (χ2n) is 4.09. The van der Waals surface area contributed by atoms with Crippen LogP contribution in [0.3, 0.4) is 0 Å². The molecule has 0 fully saturated rings. The number of halogens is 1. The molecule has 6 nitrogen and oxygen atoms in total. The summed E-state index contributed by atoms with van der Waals surface area (Å²) in [6.45, 7) is 3.74. The van der Waals surface area contributed by atoms with Gasteiger partial charge in [0.25, 0.3) is 5.69 Å². The molecule has 1 rings (SSSR count). The number of carbonyl (C=O) groups is 1. The standard InChI is InChI=1S/C11H13BrN2O4/c1-6(2)10(12)11(16)13-8-4-3-7(14(17)18)5-9(8)15/h3-6,10,15H,1-2H3,(H,13,16)/t10-/m1/s1. The normalized spacial score (nSPS) is 12.2. The molecule has 2 N–H and O–H groups in total. The molecule has 1 aromatic rings. The van der Waals surface area contributed by atoms with E-state index in [1.165, 1.54) is 12.1 Å². The van der Waals surface area contributed by atoms with Gasteiger partial charge in [0.15, 0.2) is 0 Å². The van der Waals surface area contributed by atoms with Crippen LogP contribution < -0.4 is 5.32 Å². The molecule has 0 aliphatic rings. The highest BCUT2D eigenvalue weighted by Crippen LogP contribution is 2.28. The average molecular weight is 317 g/mol. The number of hydrogen-bond acceptors (Lipinski definition) is 4. The third-order valence-corrected chi connectivity index (χ3v) is 3.76. The summed E-state index contributed by atoms with van der Waals surface area (Å²) >= 11 is 3.23. The Balaban J connectivity index is 2.86. The average Bonchev–Trinajstić information content (AvgIpc) is 2.30. The maximum atomic E-state index is 11.7. The maximum absolute atomic E-state index is 11.7. The van der Waals surface area contributed by atoms with Crippen molar-refractivity contribution in [3.8, 4) is 5.75 Å². The number of nitrogens with one attached hydrogen (secondary N) is 1. The van der Waals surface area contributed by atoms with E-state index in [1.807, 2.05) is 13.8 Å². The number of phenols is 1. The highest BCUT2D eigenvalue weighted by atomic mass is 79.9. The van der Waals surface area contributed by atoms with E-state index in [9.17, 15) is 20.0 Å². The van der Waals surface area contributed by atoms with Crippen molar-refractivity contribution < 1.29 is 14.8 Å². The third-order valence-electron chi connectivity index (χ3n) is 2.29. The van der Waals surface area contributed by atoms with Gasteiger partial charge in [0.2, 0.25) is 5.91 Å². The van der Waals surface area contributed by atoms with Crippen molar-refractivity contribution in [2.45, 2.75) is 18.7 Å². The highest BCUT2D eigenvalue weighted by Gasteiger charge is 2.20. The largest absolute Gasteiger partial charge is 0.506 e. The fraction of sp³-hybridized carbons (Fsp3) is 0.364. The SMILES string of the molecule is CC(C)[C@@H](Br)C(=O)Nc1ccc([N+](=O)[O-])cc1O. The van der Waals surface area contributed by atoms with Gasteiger partial charge in [-0.25, -0.2) is 0 Å². The molecule has 1 amide bonds. The predicted molar refractivity (Wildman–Crippen MR) is 70.9 cm³/mol. The smallest absolute Gasteiger partial charge is 0.273 e. The molecule has 0 saturated heterocycles. The van der Waals surface area contributed by atoms with E-state index in [-0.39, 0.29) is 28.9 Å². The first-order chi connectivity index (χ1) is 8.32. The number of rotatable bonds is 4. The van der Waals surface area contributed by atoms with Gasteiger partial charge in [0, 0.05) is 6.07 Å². The Morgan fingerprint density at radius 1 is 1.50 bits per heavy atom. The minimum Gasteiger partial charge on any atom is -0.506 e. The number of hydrogen-bond donors (Lipinski definition) is 2. The Labute approximate surface area is 112 Å². The second-order valence-corrected chi connectivity index (χ2v) is 5.08. The summed E-state index contributed by atoms with van der Waals surface area (Å²) < 4.78 is 0. The molecule has 0 spiro atoms. The summed E-state index contributed by atoms with van der Waals surface area (Å²) in [5.74, 6) is -0.555. The van der Waals surface area contributed by atoms with E-state index in [0.29, 0.717) is 0 Å². The van der Waals surface area contributed by atoms with Crippen LogP contribution in [0.25, 0.3) is 0 Å². The van der Waals surface area contributed by atoms with Crippen LogP contribution >= 0.6 is 15.9 Å². The van der Waals surface area contributed by atoms with E-state index in [2.05, 4.69) is 21.2 Å². The Bertz CT molecular complexity index is 476. The van der Waals surface area contributed by atoms with Gasteiger partial charge in [-0.2, -0.15) is 0 Å². The zero-order valence-corrected chi connectivity index (χ0v) is 11.5. The highest BCUT2D eigenvalue weighted by molar-refractivity contribution is 9.10. The number of nitro groups is 1. The van der Waals surface area contributed by atoms with E-state index in [0.717, 1.165) is 6.07 Å². The molecular formula is C11H13BrN2O4. The molecule has 98 valence electrons. The van der Waals surface area contributed by atoms with Crippen LogP contribution in [0, 0.1) is 16.0 Å². The summed E-state index contributed by atoms with van der Waals surface area (Å²) in [4.78, 5) is 21.2. The van der Waals surface area contributed by atoms with E-state index in [4.69, 9.17) is 0 Å². The fourth-order valence-electron chi connectivity index (χ4n) is 1.24. The van der Waals surface area contributed by atoms with Crippen LogP contribution in [-0.2, 0) is 4.79 Å². The molecule has 7 heteroatoms. The lowest BCUT2D eigenvalue weighted by Crippen LogP contribution is -2.27. The van der Waals surface area contributed by atoms with E-state index >= 15 is 0 Å². The number of alkyl halides is 1. The predicted octanol–water partition coefficient (Wildman–Crippen LogP) is 2.66. The summed E-state index contributed by atoms with van der Waals surface area (Å²) in [6.07, 6.45) is 0. The first-order valence-electron chi connectivity index (χ1n) is 5.25. The van der Waals surface area contributed by atoms with Crippen LogP contribution in [0.4, 0.5) is 11.4 Å². The number of anilines is 1. The number of carbonyl (C=O) groups excluding carboxylic acids is 1. The van der Waals surface area contributed by atoms with Gasteiger partial charge in [0.05, 0.1) is 21.5 Å². The number of amides is 1. The van der Waals surface area contributed by atoms with E-state index in [1.54, 1.807) is 0 Å². The molecular weight excluding hydrogens is 304 g/mol. The van der Waals surface area contributed by atoms with Gasteiger partial charge in [-0.1, -0.05) is 29.8 Å². The zero-order chi connectivity index (χ0) is 13.9. The zero-order valence-electron chi connectivity index (χ0n) is 9.88. The van der Waals surface area contributed by atoms with Crippen LogP contribution in [0.2, 0.25) is 0 Å². The molecule has 0 saturated carbocycles. The Hall–Kier alpha value is -1.63. The lowest BCUT2D eigenvalue weighted by molar-refractivity contribution is -0.384. The van der Waals surface area contributed by atoms with Crippen molar-refractivity contribution in [3.05, 3.63) is 28.3 Å². The lowest BCUT2D eigenvalue weighted by atomic mass is 10.1. The molecule has 0 aliphatic carbocycles. The van der Waals surface area contributed by atoms with Gasteiger partial charge in [-0.3, -0.25) is 14.9 Å². The first kappa shape index (κ1) is 14.4. The molecule has 1 atom stereocenters. The van der Waals surface area contributed by atoms with Crippen LogP contribution in [0.1, 0.15) is 13.8 Å². The van der Waals surface area contributed by atoms with Gasteiger partial charge < -0.3 is 10.4 Å². The van der Waals surface area contributed by atoms with Crippen molar-refractivity contribution >= 4 is 33.2 Å². The summed E-state index contributed by atoms with van der Waals surface area (Å²) in [5.41, 5.74) is -0.0829. The Morgan fingerprint density at radius 2 is 2.11 bits per heavy atom. The van der Waals surface area contributed by atoms with Gasteiger partial charge in [-0.05, 0) is 12.0 Å². The number of phenolic OH excluding ortho intramolecular Hbond substituents is 1. The lowest BCUT2D eigenvalue weighted by Gasteiger charge is -2.14. The molecule has 0 unspecified atom stereocenters. The Morgan fingerprint density at radius 3 is 2.56 bits per heavy atom. The quantitative estimate of drug-likeness (QED) is 0.386. The summed E-state index contributed by atoms with van der Waals surface area (Å²) in [7, 11) is 0. The fourth-order valence-corrected chi connectivity index (χ4v) is 1.36. The van der Waals surface area contributed by atoms with Crippen molar-refractivity contribution in [1.29, 1.82) is 0 Å². The number of non-ortho nitro benzene ring substituents is 1. The van der Waals surface area contributed by atoms with Crippen molar-refractivity contribution in [3.63, 3.8) is 0 Å². The van der Waals surface area contributed by atoms with Crippen molar-refractivity contribution in [2.75, 3.05) is 5.32 Å². The maximum Gasteiger partial charge on any atom is 0.273 e. The minimum atomic E-state index is -0.618. The van der Waals surface area contributed by atoms with Crippen molar-refractivity contribution in [2.24, 2.45) is 5.92 Å². The summed E-state index contributed by atoms with van der Waals surface area (Å²) in [6, 6.07) is 3.51. The number of nitro benzene ring substituents is 1. The van der Waals surface area contributed by atoms with Gasteiger partial charge in [-0.15, -0.1) is 0 Å². The van der Waals surface area contributed by atoms with Gasteiger partial charge in [0.1, 0.15) is 5.75 Å². The molecule has 18 heavy (non-hydrogen) atoms. The van der Waals surface area contributed by atoms with Crippen LogP contribution in [0.15, 0.2) is 18.2 Å². The molecule has 0 aliphatic heterocycles. The topological polar surface area (TPSA) is 92.5 Å². The first-order valence-corrected chi connectivity index (χ1v) is 6.17. The third kappa shape index (κ3) is 3.43. The van der Waals surface area contributed by atoms with E-state index < -0.39 is 9.75 Å². The monoisotopic (exact) mass is 316 g/mol. The minimum absolute atomic E-state index is 0.0881. The molecule has 0 heterocycles. The van der Waals surface area contributed by atoms with Crippen LogP contribution in [0.5, 0.6) is 5.75 Å². The molecule has 0 bridgehead atoms. The molecule has 0 radical (unpaired) electrons. The summed E-state index contributed by atoms with van der Waals surface area (Å²) in [5, 5.41) is 22.6. The number of benzene rings is 1. The van der Waals surface area contributed by atoms with Crippen LogP contribution in [-0.4, -0.2) is 20.8 Å². The number of aromatic hydroxyl groups is 1. The molecule has 0 aromatic heterocycles. The Kier molecular flexibility index (Phi) is 4.66.